The van der Waals surface area contributed by atoms with Gasteiger partial charge in [-0.1, -0.05) is 0 Å². The van der Waals surface area contributed by atoms with Gasteiger partial charge in [-0.2, -0.15) is 0 Å². The van der Waals surface area contributed by atoms with Crippen LogP contribution in [-0.2, 0) is 0 Å². The molecule has 9 heavy (non-hydrogen) atoms. The molecule has 0 aliphatic carbocycles. The molecule has 2 heterocycles. The second-order valence-corrected chi connectivity index (χ2v) is 1.80. The molecule has 1 aliphatic heterocycles. The lowest BCUT2D eigenvalue weighted by Gasteiger charge is -1.90. The van der Waals surface area contributed by atoms with Crippen LogP contribution in [0.3, 0.4) is 0 Å². The first-order valence-corrected chi connectivity index (χ1v) is 2.68. The van der Waals surface area contributed by atoms with E-state index in [0.717, 1.165) is 11.4 Å². The molecule has 0 saturated heterocycles. The average molecular weight is 124 g/mol. The minimum Gasteiger partial charge on any atom is -0.302 e. The molecule has 2 rings (SSSR count). The second-order valence-electron chi connectivity index (χ2n) is 1.80. The molecule has 3 N–H and O–H groups in total. The maximum atomic E-state index is 3.91. The largest absolute Gasteiger partial charge is 0.302 e. The summed E-state index contributed by atoms with van der Waals surface area (Å²) in [6.07, 6.45) is 3.49. The number of hydrogen-bond acceptors (Lipinski definition) is 4. The van der Waals surface area contributed by atoms with Gasteiger partial charge in [0, 0.05) is 7.62 Å². The highest BCUT2D eigenvalue weighted by Crippen LogP contribution is 2.20. The summed E-state index contributed by atoms with van der Waals surface area (Å²) in [7, 11) is 0. The summed E-state index contributed by atoms with van der Waals surface area (Å²) >= 11 is 0. The molecular formula is C5H8N4. The zero-order valence-electron chi connectivity index (χ0n) is 4.68. The van der Waals surface area contributed by atoms with Gasteiger partial charge in [-0.25, -0.2) is 0 Å². The fraction of sp³-hybridized carbons (Fsp3) is 0. The van der Waals surface area contributed by atoms with Crippen LogP contribution in [0.5, 0.6) is 0 Å². The van der Waals surface area contributed by atoms with Crippen molar-refractivity contribution in [2.75, 3.05) is 10.9 Å². The van der Waals surface area contributed by atoms with Gasteiger partial charge in [0.05, 0.1) is 17.6 Å². The summed E-state index contributed by atoms with van der Waals surface area (Å²) in [5, 5.41) is 0. The number of nitrogens with zero attached hydrogens (tertiary/aromatic N) is 1. The molecule has 0 fully saturated rings. The maximum absolute atomic E-state index is 3.91. The topological polar surface area (TPSA) is 49.0 Å². The van der Waals surface area contributed by atoms with Crippen molar-refractivity contribution >= 4 is 11.4 Å². The highest BCUT2D eigenvalue weighted by atomic mass is 15.6. The summed E-state index contributed by atoms with van der Waals surface area (Å²) in [5.74, 6) is 0. The summed E-state index contributed by atoms with van der Waals surface area (Å²) in [6, 6.07) is 1.89. The zero-order valence-corrected chi connectivity index (χ0v) is 4.68. The number of anilines is 2. The van der Waals surface area contributed by atoms with Crippen molar-refractivity contribution in [3.8, 4) is 0 Å². The van der Waals surface area contributed by atoms with Crippen LogP contribution in [-0.4, -0.2) is 4.98 Å². The van der Waals surface area contributed by atoms with Crippen LogP contribution in [0.4, 0.5) is 11.4 Å². The Morgan fingerprint density at radius 1 is 1.33 bits per heavy atom. The molecule has 1 aliphatic rings. The van der Waals surface area contributed by atoms with E-state index in [1.165, 1.54) is 0 Å². The molecule has 0 bridgehead atoms. The normalized spacial score (nSPS) is 13.8. The number of pyridine rings is 1. The minimum absolute atomic E-state index is 0. The van der Waals surface area contributed by atoms with Gasteiger partial charge in [0.1, 0.15) is 0 Å². The van der Waals surface area contributed by atoms with Crippen molar-refractivity contribution in [1.29, 1.82) is 0 Å². The van der Waals surface area contributed by atoms with Gasteiger partial charge in [0.25, 0.3) is 0 Å². The van der Waals surface area contributed by atoms with Gasteiger partial charge < -0.3 is 10.9 Å². The van der Waals surface area contributed by atoms with Crippen LogP contribution < -0.4 is 16.4 Å². The summed E-state index contributed by atoms with van der Waals surface area (Å²) in [4.78, 5) is 3.91. The average Bonchev–Trinajstić information content (AvgIpc) is 2.33. The first-order valence-electron chi connectivity index (χ1n) is 2.68. The van der Waals surface area contributed by atoms with Crippen LogP contribution in [0.2, 0.25) is 0 Å². The van der Waals surface area contributed by atoms with Gasteiger partial charge in [0.2, 0.25) is 0 Å². The molecule has 0 saturated carbocycles. The Bertz CT molecular complexity index is 204. The van der Waals surface area contributed by atoms with Gasteiger partial charge in [-0.05, 0) is 6.07 Å². The molecule has 0 radical (unpaired) electrons. The third-order valence-corrected chi connectivity index (χ3v) is 1.22. The Hall–Kier alpha value is -1.29. The van der Waals surface area contributed by atoms with E-state index in [1.54, 1.807) is 12.4 Å². The Morgan fingerprint density at radius 3 is 3.11 bits per heavy atom. The molecule has 1 aromatic heterocycles. The summed E-state index contributed by atoms with van der Waals surface area (Å²) in [6.45, 7) is 0. The minimum atomic E-state index is 0. The smallest absolute Gasteiger partial charge is 0.0934 e. The van der Waals surface area contributed by atoms with Crippen molar-refractivity contribution in [3.63, 3.8) is 0 Å². The Balaban J connectivity index is 0.000000500. The summed E-state index contributed by atoms with van der Waals surface area (Å²) < 4.78 is 0. The third kappa shape index (κ3) is 0.603. The number of rotatable bonds is 0. The molecule has 1 aromatic rings. The van der Waals surface area contributed by atoms with Gasteiger partial charge in [0.15, 0.2) is 0 Å². The highest BCUT2D eigenvalue weighted by Gasteiger charge is 2.05. The molecule has 48 valence electrons. The second kappa shape index (κ2) is 1.60. The maximum Gasteiger partial charge on any atom is 0.0934 e. The third-order valence-electron chi connectivity index (χ3n) is 1.22. The number of hydrogen-bond donors (Lipinski definition) is 3. The van der Waals surface area contributed by atoms with E-state index >= 15 is 0 Å². The van der Waals surface area contributed by atoms with E-state index in [0.29, 0.717) is 0 Å². The van der Waals surface area contributed by atoms with Gasteiger partial charge in [-0.3, -0.25) is 4.98 Å². The Kier molecular flexibility index (Phi) is 0.811. The van der Waals surface area contributed by atoms with Crippen LogP contribution in [0.25, 0.3) is 0 Å². The lowest BCUT2D eigenvalue weighted by Crippen LogP contribution is -2.19. The number of fused-ring (bicyclic) bond motifs is 1. The van der Waals surface area contributed by atoms with E-state index in [4.69, 9.17) is 0 Å². The molecule has 0 aromatic carbocycles. The molecule has 0 unspecified atom stereocenters. The van der Waals surface area contributed by atoms with Crippen LogP contribution >= 0.6 is 0 Å². The lowest BCUT2D eigenvalue weighted by molar-refractivity contribution is 1.01. The predicted octanol–water partition coefficient (Wildman–Crippen LogP) is 0.585. The first kappa shape index (κ1) is 4.58. The Morgan fingerprint density at radius 2 is 2.22 bits per heavy atom. The number of aromatic nitrogens is 1. The first-order chi connectivity index (χ1) is 4.47. The number of nitrogens with one attached hydrogen (secondary N) is 3. The van der Waals surface area contributed by atoms with Crippen molar-refractivity contribution in [2.45, 2.75) is 0 Å². The SMILES string of the molecule is [HH].c1cc2c(cn1)NNN2. The van der Waals surface area contributed by atoms with Crippen LogP contribution in [0.1, 0.15) is 1.43 Å². The van der Waals surface area contributed by atoms with E-state index in [9.17, 15) is 0 Å². The zero-order chi connectivity index (χ0) is 6.10. The van der Waals surface area contributed by atoms with Crippen LogP contribution in [0, 0.1) is 0 Å². The molecule has 0 amide bonds. The van der Waals surface area contributed by atoms with Crippen molar-refractivity contribution in [2.24, 2.45) is 0 Å². The van der Waals surface area contributed by atoms with E-state index in [2.05, 4.69) is 21.4 Å². The fourth-order valence-electron chi connectivity index (χ4n) is 0.769. The lowest BCUT2D eigenvalue weighted by atomic mass is 10.4. The molecule has 0 atom stereocenters. The molecular weight excluding hydrogens is 116 g/mol. The highest BCUT2D eigenvalue weighted by molar-refractivity contribution is 5.69. The molecule has 0 spiro atoms. The van der Waals surface area contributed by atoms with Crippen LogP contribution in [0.15, 0.2) is 18.5 Å². The fourth-order valence-corrected chi connectivity index (χ4v) is 0.769. The standard InChI is InChI=1S/C5H6N4.H2/c1-2-6-3-5-4(1)7-9-8-5;/h1-3,7-9H;1H. The molecule has 4 heteroatoms. The van der Waals surface area contributed by atoms with Gasteiger partial charge in [-0.15, -0.1) is 5.53 Å². The van der Waals surface area contributed by atoms with E-state index < -0.39 is 0 Å². The van der Waals surface area contributed by atoms with E-state index in [-0.39, 0.29) is 1.43 Å². The monoisotopic (exact) mass is 124 g/mol. The quantitative estimate of drug-likeness (QED) is 0.473. The van der Waals surface area contributed by atoms with E-state index in [1.807, 2.05) is 6.07 Å². The van der Waals surface area contributed by atoms with Gasteiger partial charge >= 0.3 is 0 Å². The summed E-state index contributed by atoms with van der Waals surface area (Å²) in [5.41, 5.74) is 10.5. The van der Waals surface area contributed by atoms with Crippen molar-refractivity contribution < 1.29 is 1.43 Å². The predicted molar refractivity (Wildman–Crippen MR) is 36.7 cm³/mol. The molecule has 4 nitrogen and oxygen atoms in total. The van der Waals surface area contributed by atoms with Crippen molar-refractivity contribution in [3.05, 3.63) is 18.5 Å². The Labute approximate surface area is 53.7 Å². The number of hydrazine groups is 2. The van der Waals surface area contributed by atoms with Crippen molar-refractivity contribution in [1.82, 2.24) is 10.5 Å².